The maximum atomic E-state index is 12.4. The molecule has 1 heterocycles. The van der Waals surface area contributed by atoms with E-state index in [-0.39, 0.29) is 5.78 Å². The number of benzene rings is 1. The second-order valence-corrected chi connectivity index (χ2v) is 4.57. The summed E-state index contributed by atoms with van der Waals surface area (Å²) in [5.41, 5.74) is 3.74. The molecule has 0 saturated carbocycles. The van der Waals surface area contributed by atoms with Crippen LogP contribution in [0.25, 0.3) is 0 Å². The van der Waals surface area contributed by atoms with Crippen LogP contribution in [0.2, 0.25) is 0 Å². The van der Waals surface area contributed by atoms with Crippen molar-refractivity contribution in [3.63, 3.8) is 0 Å². The van der Waals surface area contributed by atoms with Crippen LogP contribution in [0.5, 0.6) is 0 Å². The van der Waals surface area contributed by atoms with Crippen molar-refractivity contribution < 1.29 is 4.79 Å². The van der Waals surface area contributed by atoms with Crippen molar-refractivity contribution >= 4 is 5.78 Å². The fourth-order valence-corrected chi connectivity index (χ4v) is 1.95. The minimum Gasteiger partial charge on any atom is -0.287 e. The van der Waals surface area contributed by atoms with Gasteiger partial charge in [0, 0.05) is 18.3 Å². The third kappa shape index (κ3) is 2.35. The average molecular weight is 242 g/mol. The van der Waals surface area contributed by atoms with E-state index < -0.39 is 0 Å². The molecule has 2 rings (SSSR count). The van der Waals surface area contributed by atoms with Crippen molar-refractivity contribution in [2.75, 3.05) is 0 Å². The van der Waals surface area contributed by atoms with Crippen molar-refractivity contribution in [2.24, 2.45) is 0 Å². The average Bonchev–Trinajstić information content (AvgIpc) is 2.80. The molecule has 0 radical (unpaired) electrons. The van der Waals surface area contributed by atoms with E-state index in [1.165, 1.54) is 5.56 Å². The molecule has 0 bridgehead atoms. The molecular formula is C15H18N2O. The molecule has 0 spiro atoms. The molecule has 0 fully saturated rings. The van der Waals surface area contributed by atoms with E-state index in [4.69, 9.17) is 0 Å². The summed E-state index contributed by atoms with van der Waals surface area (Å²) >= 11 is 0. The maximum absolute atomic E-state index is 12.4. The lowest BCUT2D eigenvalue weighted by atomic mass is 10.0. The van der Waals surface area contributed by atoms with Crippen LogP contribution in [0.1, 0.15) is 40.5 Å². The Balaban J connectivity index is 2.35. The summed E-state index contributed by atoms with van der Waals surface area (Å²) in [6, 6.07) is 7.60. The Kier molecular flexibility index (Phi) is 3.60. The van der Waals surface area contributed by atoms with E-state index in [2.05, 4.69) is 12.0 Å². The van der Waals surface area contributed by atoms with Gasteiger partial charge in [-0.2, -0.15) is 5.10 Å². The van der Waals surface area contributed by atoms with E-state index in [1.54, 1.807) is 16.9 Å². The van der Waals surface area contributed by atoms with Gasteiger partial charge in [-0.05, 0) is 43.5 Å². The van der Waals surface area contributed by atoms with Crippen LogP contribution in [0, 0.1) is 13.8 Å². The Morgan fingerprint density at radius 1 is 1.22 bits per heavy atom. The number of carbonyl (C=O) groups is 1. The van der Waals surface area contributed by atoms with E-state index in [9.17, 15) is 4.79 Å². The molecule has 94 valence electrons. The van der Waals surface area contributed by atoms with Gasteiger partial charge in [0.1, 0.15) is 5.69 Å². The first-order valence-corrected chi connectivity index (χ1v) is 6.27. The van der Waals surface area contributed by atoms with Crippen molar-refractivity contribution in [1.82, 2.24) is 9.78 Å². The first kappa shape index (κ1) is 12.6. The lowest BCUT2D eigenvalue weighted by Crippen LogP contribution is -2.11. The van der Waals surface area contributed by atoms with E-state index in [0.29, 0.717) is 5.69 Å². The molecule has 0 N–H and O–H groups in total. The highest BCUT2D eigenvalue weighted by Crippen LogP contribution is 2.14. The number of nitrogens with zero attached hydrogens (tertiary/aromatic N) is 2. The van der Waals surface area contributed by atoms with Crippen molar-refractivity contribution in [3.8, 4) is 0 Å². The van der Waals surface area contributed by atoms with Crippen LogP contribution < -0.4 is 0 Å². The van der Waals surface area contributed by atoms with Gasteiger partial charge in [-0.3, -0.25) is 9.48 Å². The summed E-state index contributed by atoms with van der Waals surface area (Å²) in [4.78, 5) is 12.4. The number of rotatable bonds is 4. The third-order valence-electron chi connectivity index (χ3n) is 3.15. The number of aryl methyl sites for hydroxylation is 3. The zero-order valence-electron chi connectivity index (χ0n) is 11.1. The van der Waals surface area contributed by atoms with Crippen molar-refractivity contribution in [3.05, 3.63) is 52.8 Å². The molecule has 3 nitrogen and oxygen atoms in total. The molecule has 0 aliphatic heterocycles. The highest BCUT2D eigenvalue weighted by Gasteiger charge is 2.14. The van der Waals surface area contributed by atoms with Gasteiger partial charge in [0.2, 0.25) is 5.78 Å². The highest BCUT2D eigenvalue weighted by atomic mass is 16.1. The molecule has 0 saturated heterocycles. The second kappa shape index (κ2) is 5.17. The smallest absolute Gasteiger partial charge is 0.211 e. The van der Waals surface area contributed by atoms with Gasteiger partial charge in [-0.15, -0.1) is 0 Å². The van der Waals surface area contributed by atoms with Crippen LogP contribution in [0.3, 0.4) is 0 Å². The van der Waals surface area contributed by atoms with Gasteiger partial charge in [0.25, 0.3) is 0 Å². The first-order valence-electron chi connectivity index (χ1n) is 6.27. The van der Waals surface area contributed by atoms with Crippen LogP contribution >= 0.6 is 0 Å². The normalized spacial score (nSPS) is 10.6. The fourth-order valence-electron chi connectivity index (χ4n) is 1.95. The van der Waals surface area contributed by atoms with Crippen LogP contribution in [-0.4, -0.2) is 15.6 Å². The van der Waals surface area contributed by atoms with Crippen LogP contribution in [0.4, 0.5) is 0 Å². The summed E-state index contributed by atoms with van der Waals surface area (Å²) in [5.74, 6) is 0.0454. The molecular weight excluding hydrogens is 224 g/mol. The maximum Gasteiger partial charge on any atom is 0.211 e. The molecule has 0 atom stereocenters. The van der Waals surface area contributed by atoms with Crippen LogP contribution in [-0.2, 0) is 6.54 Å². The van der Waals surface area contributed by atoms with Crippen LogP contribution in [0.15, 0.2) is 30.5 Å². The molecule has 0 unspecified atom stereocenters. The molecule has 1 aromatic heterocycles. The van der Waals surface area contributed by atoms with Gasteiger partial charge in [-0.1, -0.05) is 19.1 Å². The summed E-state index contributed by atoms with van der Waals surface area (Å²) in [6.07, 6.45) is 2.65. The second-order valence-electron chi connectivity index (χ2n) is 4.57. The van der Waals surface area contributed by atoms with Gasteiger partial charge in [0.15, 0.2) is 0 Å². The van der Waals surface area contributed by atoms with E-state index >= 15 is 0 Å². The molecule has 0 aliphatic carbocycles. The Labute approximate surface area is 107 Å². The predicted molar refractivity (Wildman–Crippen MR) is 71.9 cm³/mol. The van der Waals surface area contributed by atoms with Gasteiger partial charge >= 0.3 is 0 Å². The molecule has 1 aromatic carbocycles. The standard InChI is InChI=1S/C15H18N2O/c1-4-9-17-14(7-8-16-17)15(18)13-6-5-11(2)12(3)10-13/h5-8,10H,4,9H2,1-3H3. The lowest BCUT2D eigenvalue weighted by molar-refractivity contribution is 0.102. The summed E-state index contributed by atoms with van der Waals surface area (Å²) in [6.45, 7) is 6.92. The third-order valence-corrected chi connectivity index (χ3v) is 3.15. The Bertz CT molecular complexity index is 570. The van der Waals surface area contributed by atoms with Gasteiger partial charge in [0.05, 0.1) is 0 Å². The molecule has 0 amide bonds. The summed E-state index contributed by atoms with van der Waals surface area (Å²) in [7, 11) is 0. The molecule has 3 heteroatoms. The largest absolute Gasteiger partial charge is 0.287 e. The van der Waals surface area contributed by atoms with E-state index in [0.717, 1.165) is 24.1 Å². The molecule has 2 aromatic rings. The fraction of sp³-hybridized carbons (Fsp3) is 0.333. The highest BCUT2D eigenvalue weighted by molar-refractivity contribution is 6.08. The predicted octanol–water partition coefficient (Wildman–Crippen LogP) is 3.14. The topological polar surface area (TPSA) is 34.9 Å². The lowest BCUT2D eigenvalue weighted by Gasteiger charge is -2.07. The first-order chi connectivity index (χ1) is 8.63. The zero-order valence-corrected chi connectivity index (χ0v) is 11.1. The number of ketones is 1. The Hall–Kier alpha value is -1.90. The van der Waals surface area contributed by atoms with Crippen molar-refractivity contribution in [2.45, 2.75) is 33.7 Å². The van der Waals surface area contributed by atoms with Gasteiger partial charge in [-0.25, -0.2) is 0 Å². The minimum absolute atomic E-state index is 0.0454. The van der Waals surface area contributed by atoms with Gasteiger partial charge < -0.3 is 0 Å². The Morgan fingerprint density at radius 2 is 2.00 bits per heavy atom. The Morgan fingerprint density at radius 3 is 2.67 bits per heavy atom. The molecule has 18 heavy (non-hydrogen) atoms. The SMILES string of the molecule is CCCn1nccc1C(=O)c1ccc(C)c(C)c1. The minimum atomic E-state index is 0.0454. The number of hydrogen-bond donors (Lipinski definition) is 0. The number of carbonyl (C=O) groups excluding carboxylic acids is 1. The quantitative estimate of drug-likeness (QED) is 0.772. The summed E-state index contributed by atoms with van der Waals surface area (Å²) in [5, 5.41) is 4.19. The number of aromatic nitrogens is 2. The molecule has 0 aliphatic rings. The van der Waals surface area contributed by atoms with E-state index in [1.807, 2.05) is 32.0 Å². The monoisotopic (exact) mass is 242 g/mol. The van der Waals surface area contributed by atoms with Crippen molar-refractivity contribution in [1.29, 1.82) is 0 Å². The number of hydrogen-bond acceptors (Lipinski definition) is 2. The summed E-state index contributed by atoms with van der Waals surface area (Å²) < 4.78 is 1.78. The zero-order chi connectivity index (χ0) is 13.1.